The molecule has 2 fully saturated rings. The number of nitrogens with zero attached hydrogens (tertiary/aromatic N) is 1. The Morgan fingerprint density at radius 3 is 2.05 bits per heavy atom. The molecule has 2 aliphatic rings. The Balaban J connectivity index is 2.05. The maximum absolute atomic E-state index is 12.8. The van der Waals surface area contributed by atoms with E-state index < -0.39 is 0 Å². The first-order chi connectivity index (χ1) is 9.67. The van der Waals surface area contributed by atoms with E-state index in [4.69, 9.17) is 10.5 Å². The molecule has 1 saturated carbocycles. The molecule has 1 heterocycles. The van der Waals surface area contributed by atoms with Gasteiger partial charge in [-0.15, -0.1) is 0 Å². The van der Waals surface area contributed by atoms with Crippen LogP contribution < -0.4 is 5.73 Å². The summed E-state index contributed by atoms with van der Waals surface area (Å²) in [5, 5.41) is 0. The largest absolute Gasteiger partial charge is 0.366 e. The van der Waals surface area contributed by atoms with Crippen LogP contribution >= 0.6 is 0 Å². The number of carbonyl (C=O) groups is 1. The predicted molar refractivity (Wildman–Crippen MR) is 85.0 cm³/mol. The summed E-state index contributed by atoms with van der Waals surface area (Å²) in [6.07, 6.45) is 6.52. The second kappa shape index (κ2) is 5.88. The molecule has 1 saturated heterocycles. The van der Waals surface area contributed by atoms with Crippen LogP contribution in [0.3, 0.4) is 0 Å². The van der Waals surface area contributed by atoms with Crippen LogP contribution in [0.5, 0.6) is 0 Å². The van der Waals surface area contributed by atoms with Crippen molar-refractivity contribution >= 4 is 5.91 Å². The van der Waals surface area contributed by atoms with Gasteiger partial charge in [0, 0.05) is 19.5 Å². The van der Waals surface area contributed by atoms with Crippen molar-refractivity contribution in [2.24, 2.45) is 11.1 Å². The van der Waals surface area contributed by atoms with Crippen LogP contribution in [0.1, 0.15) is 66.2 Å². The van der Waals surface area contributed by atoms with Gasteiger partial charge in [0.25, 0.3) is 0 Å². The van der Waals surface area contributed by atoms with Crippen molar-refractivity contribution in [1.29, 1.82) is 0 Å². The Kier molecular flexibility index (Phi) is 4.69. The quantitative estimate of drug-likeness (QED) is 0.871. The van der Waals surface area contributed by atoms with E-state index in [1.165, 1.54) is 19.3 Å². The Morgan fingerprint density at radius 1 is 1.05 bits per heavy atom. The lowest BCUT2D eigenvalue weighted by atomic mass is 9.71. The summed E-state index contributed by atoms with van der Waals surface area (Å²) >= 11 is 0. The van der Waals surface area contributed by atoms with Crippen molar-refractivity contribution in [1.82, 2.24) is 4.90 Å². The fourth-order valence-electron chi connectivity index (χ4n) is 4.15. The summed E-state index contributed by atoms with van der Waals surface area (Å²) in [5.74, 6) is 0.256. The molecule has 0 aromatic heterocycles. The fraction of sp³-hybridized carbons (Fsp3) is 0.941. The standard InChI is InChI=1S/C17H32N2O2/c1-15(2)12-19(13-16(3,4)21-15)14(20)10-17(11-18)8-6-5-7-9-17/h5-13,18H2,1-4H3. The van der Waals surface area contributed by atoms with E-state index in [1.54, 1.807) is 0 Å². The Morgan fingerprint density at radius 2 is 1.57 bits per heavy atom. The monoisotopic (exact) mass is 296 g/mol. The topological polar surface area (TPSA) is 55.6 Å². The average molecular weight is 296 g/mol. The van der Waals surface area contributed by atoms with Gasteiger partial charge in [-0.3, -0.25) is 4.79 Å². The molecule has 4 nitrogen and oxygen atoms in total. The molecule has 0 radical (unpaired) electrons. The van der Waals surface area contributed by atoms with Crippen LogP contribution in [0.4, 0.5) is 0 Å². The van der Waals surface area contributed by atoms with Gasteiger partial charge in [0.2, 0.25) is 5.91 Å². The van der Waals surface area contributed by atoms with Crippen molar-refractivity contribution in [3.8, 4) is 0 Å². The lowest BCUT2D eigenvalue weighted by Crippen LogP contribution is -2.59. The number of hydrogen-bond donors (Lipinski definition) is 1. The minimum Gasteiger partial charge on any atom is -0.366 e. The molecule has 1 aliphatic carbocycles. The molecule has 0 aromatic carbocycles. The summed E-state index contributed by atoms with van der Waals surface area (Å²) in [6, 6.07) is 0. The number of ether oxygens (including phenoxy) is 1. The molecular formula is C17H32N2O2. The Hall–Kier alpha value is -0.610. The van der Waals surface area contributed by atoms with Gasteiger partial charge >= 0.3 is 0 Å². The zero-order chi connectivity index (χ0) is 15.7. The Labute approximate surface area is 129 Å². The van der Waals surface area contributed by atoms with Crippen LogP contribution in [0.2, 0.25) is 0 Å². The van der Waals surface area contributed by atoms with Gasteiger partial charge in [-0.1, -0.05) is 19.3 Å². The van der Waals surface area contributed by atoms with Crippen molar-refractivity contribution in [3.63, 3.8) is 0 Å². The third-order valence-corrected chi connectivity index (χ3v) is 4.92. The number of hydrogen-bond acceptors (Lipinski definition) is 3. The first kappa shape index (κ1) is 16.8. The van der Waals surface area contributed by atoms with Gasteiger partial charge < -0.3 is 15.4 Å². The van der Waals surface area contributed by atoms with Gasteiger partial charge in [-0.05, 0) is 52.5 Å². The van der Waals surface area contributed by atoms with Gasteiger partial charge in [-0.2, -0.15) is 0 Å². The third-order valence-electron chi connectivity index (χ3n) is 4.92. The molecule has 0 aromatic rings. The smallest absolute Gasteiger partial charge is 0.223 e. The highest BCUT2D eigenvalue weighted by molar-refractivity contribution is 5.77. The van der Waals surface area contributed by atoms with Crippen LogP contribution in [0, 0.1) is 5.41 Å². The van der Waals surface area contributed by atoms with Crippen LogP contribution in [-0.4, -0.2) is 41.6 Å². The SMILES string of the molecule is CC1(C)CN(C(=O)CC2(CN)CCCCC2)CC(C)(C)O1. The van der Waals surface area contributed by atoms with Gasteiger partial charge in [0.1, 0.15) is 0 Å². The highest BCUT2D eigenvalue weighted by Gasteiger charge is 2.42. The van der Waals surface area contributed by atoms with E-state index in [0.29, 0.717) is 26.1 Å². The first-order valence-electron chi connectivity index (χ1n) is 8.35. The molecule has 0 bridgehead atoms. The lowest BCUT2D eigenvalue weighted by Gasteiger charge is -2.48. The first-order valence-corrected chi connectivity index (χ1v) is 8.35. The number of amides is 1. The molecule has 0 spiro atoms. The van der Waals surface area contributed by atoms with Crippen LogP contribution in [0.25, 0.3) is 0 Å². The highest BCUT2D eigenvalue weighted by Crippen LogP contribution is 2.39. The molecule has 2 N–H and O–H groups in total. The van der Waals surface area contributed by atoms with Gasteiger partial charge in [0.05, 0.1) is 11.2 Å². The zero-order valence-electron chi connectivity index (χ0n) is 14.2. The minimum absolute atomic E-state index is 0.0436. The van der Waals surface area contributed by atoms with Gasteiger partial charge in [0.15, 0.2) is 0 Å². The minimum atomic E-state index is -0.278. The van der Waals surface area contributed by atoms with Crippen molar-refractivity contribution in [2.45, 2.75) is 77.4 Å². The van der Waals surface area contributed by atoms with E-state index >= 15 is 0 Å². The highest BCUT2D eigenvalue weighted by atomic mass is 16.5. The van der Waals surface area contributed by atoms with E-state index in [0.717, 1.165) is 12.8 Å². The second-order valence-electron chi connectivity index (χ2n) is 8.31. The number of carbonyl (C=O) groups excluding carboxylic acids is 1. The van der Waals surface area contributed by atoms with Crippen molar-refractivity contribution in [3.05, 3.63) is 0 Å². The molecule has 21 heavy (non-hydrogen) atoms. The second-order valence-corrected chi connectivity index (χ2v) is 8.31. The maximum Gasteiger partial charge on any atom is 0.223 e. The van der Waals surface area contributed by atoms with Crippen molar-refractivity contribution in [2.75, 3.05) is 19.6 Å². The molecule has 122 valence electrons. The predicted octanol–water partition coefficient (Wildman–Crippen LogP) is 2.70. The number of nitrogens with two attached hydrogens (primary N) is 1. The summed E-state index contributed by atoms with van der Waals surface area (Å²) in [6.45, 7) is 10.2. The van der Waals surface area contributed by atoms with E-state index in [9.17, 15) is 4.79 Å². The van der Waals surface area contributed by atoms with Crippen LogP contribution in [0.15, 0.2) is 0 Å². The molecule has 0 atom stereocenters. The maximum atomic E-state index is 12.8. The molecule has 1 amide bonds. The zero-order valence-corrected chi connectivity index (χ0v) is 14.2. The summed E-state index contributed by atoms with van der Waals surface area (Å²) in [4.78, 5) is 14.8. The Bertz CT molecular complexity index is 368. The molecule has 4 heteroatoms. The molecule has 2 rings (SSSR count). The van der Waals surface area contributed by atoms with Gasteiger partial charge in [-0.25, -0.2) is 0 Å². The van der Waals surface area contributed by atoms with Crippen molar-refractivity contribution < 1.29 is 9.53 Å². The van der Waals surface area contributed by atoms with Crippen LogP contribution in [-0.2, 0) is 9.53 Å². The third kappa shape index (κ3) is 4.19. The average Bonchev–Trinajstić information content (AvgIpc) is 2.36. The normalized spacial score (nSPS) is 27.4. The molecular weight excluding hydrogens is 264 g/mol. The van der Waals surface area contributed by atoms with E-state index in [-0.39, 0.29) is 22.5 Å². The van der Waals surface area contributed by atoms with E-state index in [2.05, 4.69) is 27.7 Å². The molecule has 1 aliphatic heterocycles. The summed E-state index contributed by atoms with van der Waals surface area (Å²) in [5.41, 5.74) is 5.51. The fourth-order valence-corrected chi connectivity index (χ4v) is 4.15. The number of morpholine rings is 1. The number of rotatable bonds is 3. The lowest BCUT2D eigenvalue weighted by molar-refractivity contribution is -0.189. The summed E-state index contributed by atoms with van der Waals surface area (Å²) in [7, 11) is 0. The van der Waals surface area contributed by atoms with E-state index in [1.807, 2.05) is 4.90 Å². The molecule has 0 unspecified atom stereocenters. The summed E-state index contributed by atoms with van der Waals surface area (Å²) < 4.78 is 6.06.